The average Bonchev–Trinajstić information content (AvgIpc) is 3.19. The summed E-state index contributed by atoms with van der Waals surface area (Å²) in [6.45, 7) is 2.05. The zero-order valence-corrected chi connectivity index (χ0v) is 12.9. The molecule has 2 aromatic heterocycles. The van der Waals surface area contributed by atoms with Gasteiger partial charge in [0.1, 0.15) is 0 Å². The summed E-state index contributed by atoms with van der Waals surface area (Å²) in [5, 5.41) is 7.13. The Kier molecular flexibility index (Phi) is 3.15. The summed E-state index contributed by atoms with van der Waals surface area (Å²) in [4.78, 5) is 6.16. The number of pyridine rings is 1. The highest BCUT2D eigenvalue weighted by Crippen LogP contribution is 2.44. The highest BCUT2D eigenvalue weighted by molar-refractivity contribution is 7.10. The van der Waals surface area contributed by atoms with Crippen LogP contribution in [0, 0.1) is 12.8 Å². The van der Waals surface area contributed by atoms with Gasteiger partial charge in [-0.15, -0.1) is 11.3 Å². The Morgan fingerprint density at radius 2 is 2.05 bits per heavy atom. The molecular weight excluding hydrogens is 276 g/mol. The van der Waals surface area contributed by atoms with Crippen LogP contribution in [0.5, 0.6) is 0 Å². The molecule has 1 aliphatic rings. The van der Waals surface area contributed by atoms with Crippen molar-refractivity contribution >= 4 is 27.9 Å². The normalized spacial score (nSPS) is 16.0. The maximum absolute atomic E-state index is 4.73. The molecule has 1 unspecified atom stereocenters. The van der Waals surface area contributed by atoms with Crippen LogP contribution in [0.1, 0.15) is 29.5 Å². The van der Waals surface area contributed by atoms with Crippen molar-refractivity contribution in [3.05, 3.63) is 58.4 Å². The van der Waals surface area contributed by atoms with E-state index in [1.54, 1.807) is 0 Å². The Morgan fingerprint density at radius 3 is 2.81 bits per heavy atom. The summed E-state index contributed by atoms with van der Waals surface area (Å²) < 4.78 is 0. The summed E-state index contributed by atoms with van der Waals surface area (Å²) in [6, 6.07) is 15.4. The van der Waals surface area contributed by atoms with Gasteiger partial charge in [0.25, 0.3) is 0 Å². The summed E-state index contributed by atoms with van der Waals surface area (Å²) in [7, 11) is 0. The van der Waals surface area contributed by atoms with Crippen molar-refractivity contribution in [3.63, 3.8) is 0 Å². The summed E-state index contributed by atoms with van der Waals surface area (Å²) >= 11 is 1.84. The predicted octanol–water partition coefficient (Wildman–Crippen LogP) is 5.17. The van der Waals surface area contributed by atoms with Crippen LogP contribution in [-0.2, 0) is 0 Å². The van der Waals surface area contributed by atoms with Gasteiger partial charge in [0.2, 0.25) is 0 Å². The van der Waals surface area contributed by atoms with Gasteiger partial charge in [0.05, 0.1) is 17.2 Å². The third-order valence-corrected chi connectivity index (χ3v) is 5.07. The zero-order chi connectivity index (χ0) is 14.2. The van der Waals surface area contributed by atoms with Crippen molar-refractivity contribution in [2.75, 3.05) is 5.32 Å². The molecule has 1 N–H and O–H groups in total. The van der Waals surface area contributed by atoms with E-state index in [9.17, 15) is 0 Å². The number of hydrogen-bond donors (Lipinski definition) is 1. The summed E-state index contributed by atoms with van der Waals surface area (Å²) in [5.74, 6) is 0.767. The molecule has 106 valence electrons. The Bertz CT molecular complexity index is 760. The molecule has 4 rings (SSSR count). The van der Waals surface area contributed by atoms with Crippen molar-refractivity contribution in [3.8, 4) is 0 Å². The van der Waals surface area contributed by atoms with Gasteiger partial charge in [0.15, 0.2) is 0 Å². The first-order chi connectivity index (χ1) is 10.3. The second-order valence-corrected chi connectivity index (χ2v) is 6.78. The summed E-state index contributed by atoms with van der Waals surface area (Å²) in [6.07, 6.45) is 2.65. The van der Waals surface area contributed by atoms with Gasteiger partial charge in [-0.1, -0.05) is 24.3 Å². The van der Waals surface area contributed by atoms with Gasteiger partial charge in [0, 0.05) is 16.0 Å². The standard InChI is InChI=1S/C18H18N2S/c1-12-7-8-13-4-2-5-15(17(13)19-12)20-18(14-9-10-14)16-6-3-11-21-16/h2-8,11,14,18,20H,9-10H2,1H3. The van der Waals surface area contributed by atoms with Crippen molar-refractivity contribution in [1.29, 1.82) is 0 Å². The number of fused-ring (bicyclic) bond motifs is 1. The third-order valence-electron chi connectivity index (χ3n) is 4.11. The molecule has 0 radical (unpaired) electrons. The number of thiophene rings is 1. The number of para-hydroxylation sites is 1. The maximum atomic E-state index is 4.73. The predicted molar refractivity (Wildman–Crippen MR) is 89.9 cm³/mol. The highest BCUT2D eigenvalue weighted by atomic mass is 32.1. The minimum absolute atomic E-state index is 0.429. The molecule has 1 aromatic carbocycles. The molecule has 1 atom stereocenters. The lowest BCUT2D eigenvalue weighted by molar-refractivity contribution is 0.692. The molecule has 1 saturated carbocycles. The fraction of sp³-hybridized carbons (Fsp3) is 0.278. The molecular formula is C18H18N2S. The van der Waals surface area contributed by atoms with E-state index in [0.717, 1.165) is 22.8 Å². The monoisotopic (exact) mass is 294 g/mol. The van der Waals surface area contributed by atoms with Gasteiger partial charge < -0.3 is 5.32 Å². The minimum atomic E-state index is 0.429. The molecule has 0 bridgehead atoms. The number of hydrogen-bond acceptors (Lipinski definition) is 3. The quantitative estimate of drug-likeness (QED) is 0.718. The van der Waals surface area contributed by atoms with Crippen LogP contribution in [0.15, 0.2) is 47.8 Å². The van der Waals surface area contributed by atoms with Crippen LogP contribution in [0.2, 0.25) is 0 Å². The van der Waals surface area contributed by atoms with Crippen LogP contribution in [0.25, 0.3) is 10.9 Å². The zero-order valence-electron chi connectivity index (χ0n) is 12.0. The van der Waals surface area contributed by atoms with E-state index in [0.29, 0.717) is 6.04 Å². The number of nitrogens with zero attached hydrogens (tertiary/aromatic N) is 1. The first-order valence-corrected chi connectivity index (χ1v) is 8.35. The average molecular weight is 294 g/mol. The number of aromatic nitrogens is 1. The Hall–Kier alpha value is -1.87. The van der Waals surface area contributed by atoms with Crippen LogP contribution in [0.3, 0.4) is 0 Å². The molecule has 3 aromatic rings. The molecule has 0 amide bonds. The number of nitrogens with one attached hydrogen (secondary N) is 1. The Labute approximate surface area is 128 Å². The molecule has 2 heterocycles. The number of benzene rings is 1. The summed E-state index contributed by atoms with van der Waals surface area (Å²) in [5.41, 5.74) is 3.30. The van der Waals surface area contributed by atoms with Crippen molar-refractivity contribution in [2.45, 2.75) is 25.8 Å². The van der Waals surface area contributed by atoms with Gasteiger partial charge in [-0.2, -0.15) is 0 Å². The molecule has 1 fully saturated rings. The molecule has 0 spiro atoms. The van der Waals surface area contributed by atoms with Crippen LogP contribution >= 0.6 is 11.3 Å². The van der Waals surface area contributed by atoms with E-state index in [-0.39, 0.29) is 0 Å². The van der Waals surface area contributed by atoms with Crippen LogP contribution in [0.4, 0.5) is 5.69 Å². The van der Waals surface area contributed by atoms with Crippen molar-refractivity contribution in [1.82, 2.24) is 4.98 Å². The largest absolute Gasteiger partial charge is 0.375 e. The van der Waals surface area contributed by atoms with Gasteiger partial charge in [-0.3, -0.25) is 4.98 Å². The van der Waals surface area contributed by atoms with Crippen LogP contribution in [-0.4, -0.2) is 4.98 Å². The maximum Gasteiger partial charge on any atom is 0.0936 e. The molecule has 21 heavy (non-hydrogen) atoms. The molecule has 0 aliphatic heterocycles. The van der Waals surface area contributed by atoms with Crippen LogP contribution < -0.4 is 5.32 Å². The topological polar surface area (TPSA) is 24.9 Å². The number of anilines is 1. The van der Waals surface area contributed by atoms with E-state index in [1.807, 2.05) is 18.3 Å². The van der Waals surface area contributed by atoms with Gasteiger partial charge >= 0.3 is 0 Å². The lowest BCUT2D eigenvalue weighted by atomic mass is 10.1. The van der Waals surface area contributed by atoms with Crippen molar-refractivity contribution in [2.24, 2.45) is 5.92 Å². The minimum Gasteiger partial charge on any atom is -0.375 e. The van der Waals surface area contributed by atoms with E-state index >= 15 is 0 Å². The number of rotatable bonds is 4. The lowest BCUT2D eigenvalue weighted by Gasteiger charge is -2.19. The van der Waals surface area contributed by atoms with Gasteiger partial charge in [-0.25, -0.2) is 0 Å². The first kappa shape index (κ1) is 12.8. The fourth-order valence-corrected chi connectivity index (χ4v) is 3.72. The SMILES string of the molecule is Cc1ccc2cccc(NC(c3cccs3)C3CC3)c2n1. The van der Waals surface area contributed by atoms with E-state index < -0.39 is 0 Å². The van der Waals surface area contributed by atoms with E-state index in [4.69, 9.17) is 4.98 Å². The fourth-order valence-electron chi connectivity index (χ4n) is 2.85. The highest BCUT2D eigenvalue weighted by Gasteiger charge is 2.33. The smallest absolute Gasteiger partial charge is 0.0936 e. The molecule has 2 nitrogen and oxygen atoms in total. The third kappa shape index (κ3) is 2.54. The Morgan fingerprint density at radius 1 is 1.14 bits per heavy atom. The molecule has 3 heteroatoms. The van der Waals surface area contributed by atoms with Gasteiger partial charge in [-0.05, 0) is 49.3 Å². The van der Waals surface area contributed by atoms with E-state index in [1.165, 1.54) is 23.1 Å². The lowest BCUT2D eigenvalue weighted by Crippen LogP contribution is -2.12. The second-order valence-electron chi connectivity index (χ2n) is 5.80. The number of aryl methyl sites for hydroxylation is 1. The second kappa shape index (κ2) is 5.15. The Balaban J connectivity index is 1.74. The van der Waals surface area contributed by atoms with Crippen molar-refractivity contribution < 1.29 is 0 Å². The molecule has 0 saturated heterocycles. The molecule has 1 aliphatic carbocycles. The first-order valence-electron chi connectivity index (χ1n) is 7.47. The van der Waals surface area contributed by atoms with E-state index in [2.05, 4.69) is 53.2 Å².